The molecule has 1 aromatic carbocycles. The molecule has 0 aliphatic heterocycles. The molecule has 0 aromatic heterocycles. The molecule has 0 spiro atoms. The van der Waals surface area contributed by atoms with Gasteiger partial charge in [-0.2, -0.15) is 0 Å². The highest BCUT2D eigenvalue weighted by molar-refractivity contribution is 6.91. The highest BCUT2D eigenvalue weighted by Crippen LogP contribution is 2.30. The molecule has 2 heteroatoms. The molecule has 0 N–H and O–H groups in total. The van der Waals surface area contributed by atoms with Gasteiger partial charge in [0.05, 0.1) is 8.07 Å². The second-order valence-electron chi connectivity index (χ2n) is 5.68. The highest BCUT2D eigenvalue weighted by Gasteiger charge is 2.32. The molecule has 0 amide bonds. The van der Waals surface area contributed by atoms with Gasteiger partial charge in [-0.25, -0.2) is 0 Å². The maximum atomic E-state index is 10.9. The third-order valence-electron chi connectivity index (χ3n) is 4.08. The Balaban J connectivity index is 2.79. The smallest absolute Gasteiger partial charge is 0.119 e. The number of carbonyl (C=O) groups is 1. The third kappa shape index (κ3) is 4.09. The quantitative estimate of drug-likeness (QED) is 0.391. The van der Waals surface area contributed by atoms with Crippen molar-refractivity contribution in [1.29, 1.82) is 0 Å². The Bertz CT molecular complexity index is 345. The van der Waals surface area contributed by atoms with Gasteiger partial charge in [-0.15, -0.1) is 0 Å². The van der Waals surface area contributed by atoms with Crippen molar-refractivity contribution in [3.05, 3.63) is 30.3 Å². The van der Waals surface area contributed by atoms with E-state index in [-0.39, 0.29) is 0 Å². The van der Waals surface area contributed by atoms with Crippen molar-refractivity contribution in [2.45, 2.75) is 57.7 Å². The van der Waals surface area contributed by atoms with Crippen molar-refractivity contribution in [3.8, 4) is 0 Å². The van der Waals surface area contributed by atoms with Crippen molar-refractivity contribution in [1.82, 2.24) is 0 Å². The zero-order valence-electron chi connectivity index (χ0n) is 12.0. The van der Waals surface area contributed by atoms with Crippen LogP contribution in [0.3, 0.4) is 0 Å². The summed E-state index contributed by atoms with van der Waals surface area (Å²) in [5.74, 6) is 0. The molecule has 18 heavy (non-hydrogen) atoms. The van der Waals surface area contributed by atoms with Gasteiger partial charge in [-0.05, 0) is 5.54 Å². The summed E-state index contributed by atoms with van der Waals surface area (Å²) in [4.78, 5) is 10.9. The molecule has 0 heterocycles. The van der Waals surface area contributed by atoms with E-state index in [0.29, 0.717) is 5.54 Å². The van der Waals surface area contributed by atoms with E-state index in [2.05, 4.69) is 50.3 Å². The average Bonchev–Trinajstić information content (AvgIpc) is 2.39. The van der Waals surface area contributed by atoms with Crippen LogP contribution >= 0.6 is 0 Å². The Hall–Kier alpha value is -0.893. The molecule has 1 nitrogen and oxygen atoms in total. The molecule has 1 aromatic rings. The van der Waals surface area contributed by atoms with E-state index in [1.165, 1.54) is 30.9 Å². The van der Waals surface area contributed by atoms with Gasteiger partial charge in [-0.3, -0.25) is 0 Å². The van der Waals surface area contributed by atoms with E-state index in [0.717, 1.165) is 12.7 Å². The molecule has 0 saturated heterocycles. The molecule has 1 unspecified atom stereocenters. The van der Waals surface area contributed by atoms with Crippen molar-refractivity contribution in [2.75, 3.05) is 0 Å². The Labute approximate surface area is 113 Å². The number of hydrogen-bond donors (Lipinski definition) is 0. The van der Waals surface area contributed by atoms with Crippen LogP contribution in [0, 0.1) is 0 Å². The molecule has 0 aliphatic carbocycles. The van der Waals surface area contributed by atoms with E-state index in [4.69, 9.17) is 0 Å². The number of benzene rings is 1. The number of aldehydes is 1. The lowest BCUT2D eigenvalue weighted by Crippen LogP contribution is -2.46. The maximum Gasteiger partial charge on any atom is 0.119 e. The van der Waals surface area contributed by atoms with Gasteiger partial charge in [0.15, 0.2) is 0 Å². The van der Waals surface area contributed by atoms with Gasteiger partial charge in [0, 0.05) is 6.42 Å². The average molecular weight is 262 g/mol. The van der Waals surface area contributed by atoms with Crippen LogP contribution in [0.25, 0.3) is 0 Å². The molecule has 0 saturated carbocycles. The lowest BCUT2D eigenvalue weighted by molar-refractivity contribution is -0.107. The van der Waals surface area contributed by atoms with Crippen molar-refractivity contribution in [2.24, 2.45) is 0 Å². The van der Waals surface area contributed by atoms with Crippen LogP contribution in [0.5, 0.6) is 0 Å². The first-order valence-electron chi connectivity index (χ1n) is 7.12. The monoisotopic (exact) mass is 262 g/mol. The molecular formula is C16H26OSi. The minimum Gasteiger partial charge on any atom is -0.303 e. The molecule has 0 fully saturated rings. The lowest BCUT2D eigenvalue weighted by atomic mass is 10.1. The van der Waals surface area contributed by atoms with Crippen LogP contribution in [0.2, 0.25) is 18.6 Å². The number of rotatable bonds is 8. The van der Waals surface area contributed by atoms with Crippen LogP contribution in [0.15, 0.2) is 30.3 Å². The zero-order valence-corrected chi connectivity index (χ0v) is 13.0. The molecule has 0 bridgehead atoms. The minimum absolute atomic E-state index is 0.587. The summed E-state index contributed by atoms with van der Waals surface area (Å²) >= 11 is 0. The van der Waals surface area contributed by atoms with Gasteiger partial charge < -0.3 is 4.79 Å². The highest BCUT2D eigenvalue weighted by atomic mass is 28.3. The number of carbonyl (C=O) groups excluding carboxylic acids is 1. The summed E-state index contributed by atoms with van der Waals surface area (Å²) in [5, 5.41) is 1.48. The number of unbranched alkanes of at least 4 members (excludes halogenated alkanes) is 2. The van der Waals surface area contributed by atoms with E-state index in [9.17, 15) is 4.79 Å². The third-order valence-corrected chi connectivity index (χ3v) is 8.46. The Morgan fingerprint density at radius 1 is 1.17 bits per heavy atom. The van der Waals surface area contributed by atoms with Crippen molar-refractivity contribution < 1.29 is 4.79 Å². The summed E-state index contributed by atoms with van der Waals surface area (Å²) in [6.07, 6.45) is 6.86. The molecule has 100 valence electrons. The molecule has 1 rings (SSSR count). The second-order valence-corrected chi connectivity index (χ2v) is 10.5. The van der Waals surface area contributed by atoms with Crippen molar-refractivity contribution >= 4 is 19.5 Å². The molecular weight excluding hydrogens is 236 g/mol. The zero-order chi connectivity index (χ0) is 13.4. The topological polar surface area (TPSA) is 17.1 Å². The van der Waals surface area contributed by atoms with E-state index in [1.807, 2.05) is 0 Å². The normalized spacial score (nSPS) is 13.3. The minimum atomic E-state index is -1.51. The van der Waals surface area contributed by atoms with Gasteiger partial charge in [-0.1, -0.05) is 81.2 Å². The SMILES string of the molecule is CCCCCC(CC=O)[Si](C)(C)c1ccccc1. The summed E-state index contributed by atoms with van der Waals surface area (Å²) in [6, 6.07) is 10.8. The Morgan fingerprint density at radius 2 is 1.83 bits per heavy atom. The van der Waals surface area contributed by atoms with Gasteiger partial charge in [0.25, 0.3) is 0 Å². The largest absolute Gasteiger partial charge is 0.303 e. The predicted molar refractivity (Wildman–Crippen MR) is 82.1 cm³/mol. The molecule has 0 aliphatic rings. The van der Waals surface area contributed by atoms with Gasteiger partial charge in [0.1, 0.15) is 6.29 Å². The van der Waals surface area contributed by atoms with E-state index < -0.39 is 8.07 Å². The van der Waals surface area contributed by atoms with Crippen molar-refractivity contribution in [3.63, 3.8) is 0 Å². The predicted octanol–water partition coefficient (Wildman–Crippen LogP) is 4.14. The van der Waals surface area contributed by atoms with Crippen LogP contribution in [0.1, 0.15) is 39.0 Å². The molecule has 0 radical (unpaired) electrons. The molecule has 1 atom stereocenters. The summed E-state index contributed by atoms with van der Waals surface area (Å²) in [7, 11) is -1.51. The number of hydrogen-bond acceptors (Lipinski definition) is 1. The Morgan fingerprint density at radius 3 is 2.39 bits per heavy atom. The van der Waals surface area contributed by atoms with Gasteiger partial charge >= 0.3 is 0 Å². The Kier molecular flexibility index (Phi) is 6.34. The fourth-order valence-electron chi connectivity index (χ4n) is 2.63. The van der Waals surface area contributed by atoms with Crippen LogP contribution in [-0.4, -0.2) is 14.4 Å². The first-order chi connectivity index (χ1) is 8.62. The fourth-order valence-corrected chi connectivity index (χ4v) is 5.77. The first-order valence-corrected chi connectivity index (χ1v) is 10.2. The maximum absolute atomic E-state index is 10.9. The lowest BCUT2D eigenvalue weighted by Gasteiger charge is -2.32. The standard InChI is InChI=1S/C16H26OSi/c1-4-5-7-10-16(13-14-17)18(2,3)15-11-8-6-9-12-15/h6,8-9,11-12,14,16H,4-5,7,10,13H2,1-3H3. The first kappa shape index (κ1) is 15.2. The van der Waals surface area contributed by atoms with Gasteiger partial charge in [0.2, 0.25) is 0 Å². The summed E-state index contributed by atoms with van der Waals surface area (Å²) in [5.41, 5.74) is 0.587. The van der Waals surface area contributed by atoms with Crippen LogP contribution in [0.4, 0.5) is 0 Å². The fraction of sp³-hybridized carbons (Fsp3) is 0.562. The second kappa shape index (κ2) is 7.52. The van der Waals surface area contributed by atoms with Crippen LogP contribution < -0.4 is 5.19 Å². The van der Waals surface area contributed by atoms with E-state index >= 15 is 0 Å². The van der Waals surface area contributed by atoms with E-state index in [1.54, 1.807) is 0 Å². The summed E-state index contributed by atoms with van der Waals surface area (Å²) < 4.78 is 0. The summed E-state index contributed by atoms with van der Waals surface area (Å²) in [6.45, 7) is 7.04. The van der Waals surface area contributed by atoms with Crippen LogP contribution in [-0.2, 0) is 4.79 Å².